The summed E-state index contributed by atoms with van der Waals surface area (Å²) in [5.74, 6) is 3.96. The second-order valence-corrected chi connectivity index (χ2v) is 10.4. The van der Waals surface area contributed by atoms with E-state index in [0.29, 0.717) is 15.9 Å². The normalized spacial score (nSPS) is 32.6. The minimum Gasteiger partial charge on any atom is -0.419 e. The monoisotopic (exact) mass is 404 g/mol. The lowest BCUT2D eigenvalue weighted by atomic mass is 9.49. The van der Waals surface area contributed by atoms with Crippen LogP contribution in [0.25, 0.3) is 20.9 Å². The van der Waals surface area contributed by atoms with E-state index >= 15 is 0 Å². The third-order valence-corrected chi connectivity index (χ3v) is 8.58. The summed E-state index contributed by atoms with van der Waals surface area (Å²) in [5, 5.41) is 11.3. The Morgan fingerprint density at radius 3 is 2.38 bits per heavy atom. The number of hydrogen-bond donors (Lipinski definition) is 0. The lowest BCUT2D eigenvalue weighted by molar-refractivity contribution is -0.0176. The highest BCUT2D eigenvalue weighted by Gasteiger charge is 2.54. The number of rotatable bonds is 2. The predicted octanol–water partition coefficient (Wildman–Crippen LogP) is 6.73. The van der Waals surface area contributed by atoms with Gasteiger partial charge in [-0.15, -0.1) is 21.5 Å². The molecule has 4 aliphatic carbocycles. The summed E-state index contributed by atoms with van der Waals surface area (Å²) < 4.78 is 7.31. The minimum absolute atomic E-state index is 0.118. The van der Waals surface area contributed by atoms with Gasteiger partial charge in [0.05, 0.1) is 5.02 Å². The molecule has 2 aromatic heterocycles. The first-order valence-electron chi connectivity index (χ1n) is 9.31. The quantitative estimate of drug-likeness (QED) is 0.475. The average molecular weight is 405 g/mol. The van der Waals surface area contributed by atoms with Gasteiger partial charge in [0.1, 0.15) is 4.88 Å². The number of aromatic nitrogens is 2. The smallest absolute Gasteiger partial charge is 0.259 e. The third kappa shape index (κ3) is 2.25. The summed E-state index contributed by atoms with van der Waals surface area (Å²) in [5.41, 5.74) is 0.118. The molecule has 6 heteroatoms. The van der Waals surface area contributed by atoms with Crippen molar-refractivity contribution in [3.05, 3.63) is 34.1 Å². The van der Waals surface area contributed by atoms with Crippen LogP contribution in [-0.4, -0.2) is 10.2 Å². The molecule has 0 spiro atoms. The zero-order valence-corrected chi connectivity index (χ0v) is 16.5. The summed E-state index contributed by atoms with van der Waals surface area (Å²) in [6.07, 6.45) is 7.87. The Balaban J connectivity index is 1.42. The van der Waals surface area contributed by atoms with Crippen molar-refractivity contribution in [2.45, 2.75) is 43.9 Å². The SMILES string of the molecule is Clc1ccc2c(Cl)c(-c3nnc(C45CC6CC(CC(C6)C4)C5)o3)sc2c1. The van der Waals surface area contributed by atoms with E-state index in [1.807, 2.05) is 18.2 Å². The summed E-state index contributed by atoms with van der Waals surface area (Å²) in [6, 6.07) is 5.75. The lowest BCUT2D eigenvalue weighted by Crippen LogP contribution is -2.48. The molecule has 0 unspecified atom stereocenters. The maximum Gasteiger partial charge on any atom is 0.259 e. The van der Waals surface area contributed by atoms with Crippen LogP contribution in [0.2, 0.25) is 10.0 Å². The van der Waals surface area contributed by atoms with Crippen molar-refractivity contribution in [2.75, 3.05) is 0 Å². The molecule has 7 rings (SSSR count). The zero-order chi connectivity index (χ0) is 17.5. The zero-order valence-electron chi connectivity index (χ0n) is 14.2. The Kier molecular flexibility index (Phi) is 3.34. The maximum atomic E-state index is 6.61. The molecule has 1 aromatic carbocycles. The molecule has 0 amide bonds. The fourth-order valence-electron chi connectivity index (χ4n) is 6.08. The van der Waals surface area contributed by atoms with Crippen molar-refractivity contribution >= 4 is 44.6 Å². The van der Waals surface area contributed by atoms with Crippen LogP contribution in [0.3, 0.4) is 0 Å². The molecule has 3 aromatic rings. The van der Waals surface area contributed by atoms with Crippen LogP contribution in [-0.2, 0) is 5.41 Å². The highest BCUT2D eigenvalue weighted by molar-refractivity contribution is 7.23. The summed E-state index contributed by atoms with van der Waals surface area (Å²) in [6.45, 7) is 0. The van der Waals surface area contributed by atoms with Gasteiger partial charge in [-0.2, -0.15) is 0 Å². The molecule has 2 heterocycles. The first-order chi connectivity index (χ1) is 12.6. The summed E-state index contributed by atoms with van der Waals surface area (Å²) in [4.78, 5) is 0.854. The van der Waals surface area contributed by atoms with E-state index in [-0.39, 0.29) is 5.41 Å². The van der Waals surface area contributed by atoms with Crippen molar-refractivity contribution in [3.63, 3.8) is 0 Å². The molecule has 0 atom stereocenters. The fraction of sp³-hybridized carbons (Fsp3) is 0.500. The van der Waals surface area contributed by atoms with Crippen LogP contribution in [0, 0.1) is 17.8 Å². The van der Waals surface area contributed by atoms with Crippen LogP contribution in [0.1, 0.15) is 44.4 Å². The van der Waals surface area contributed by atoms with E-state index in [4.69, 9.17) is 27.6 Å². The fourth-order valence-corrected chi connectivity index (χ4v) is 7.79. The topological polar surface area (TPSA) is 38.9 Å². The van der Waals surface area contributed by atoms with Gasteiger partial charge in [-0.1, -0.05) is 29.3 Å². The highest BCUT2D eigenvalue weighted by atomic mass is 35.5. The molecule has 0 saturated heterocycles. The van der Waals surface area contributed by atoms with Crippen LogP contribution in [0.4, 0.5) is 0 Å². The van der Waals surface area contributed by atoms with E-state index in [2.05, 4.69) is 10.2 Å². The largest absolute Gasteiger partial charge is 0.419 e. The Morgan fingerprint density at radius 1 is 1.00 bits per heavy atom. The highest BCUT2D eigenvalue weighted by Crippen LogP contribution is 2.60. The molecule has 0 N–H and O–H groups in total. The van der Waals surface area contributed by atoms with Gasteiger partial charge < -0.3 is 4.42 Å². The van der Waals surface area contributed by atoms with E-state index in [1.54, 1.807) is 11.3 Å². The van der Waals surface area contributed by atoms with Crippen molar-refractivity contribution in [3.8, 4) is 10.8 Å². The number of thiophene rings is 1. The van der Waals surface area contributed by atoms with Gasteiger partial charge in [0.25, 0.3) is 5.89 Å². The number of halogens is 2. The molecule has 0 radical (unpaired) electrons. The number of nitrogens with zero attached hydrogens (tertiary/aromatic N) is 2. The van der Waals surface area contributed by atoms with E-state index in [9.17, 15) is 0 Å². The van der Waals surface area contributed by atoms with Gasteiger partial charge in [-0.25, -0.2) is 0 Å². The van der Waals surface area contributed by atoms with Gasteiger partial charge in [0.15, 0.2) is 0 Å². The lowest BCUT2D eigenvalue weighted by Gasteiger charge is -2.55. The summed E-state index contributed by atoms with van der Waals surface area (Å²) in [7, 11) is 0. The van der Waals surface area contributed by atoms with Gasteiger partial charge >= 0.3 is 0 Å². The van der Waals surface area contributed by atoms with Crippen molar-refractivity contribution in [1.82, 2.24) is 10.2 Å². The van der Waals surface area contributed by atoms with Crippen molar-refractivity contribution in [2.24, 2.45) is 17.8 Å². The van der Waals surface area contributed by atoms with Gasteiger partial charge in [0.2, 0.25) is 5.89 Å². The second-order valence-electron chi connectivity index (χ2n) is 8.50. The van der Waals surface area contributed by atoms with Gasteiger partial charge in [0, 0.05) is 20.5 Å². The molecule has 4 bridgehead atoms. The molecule has 134 valence electrons. The second kappa shape index (κ2) is 5.46. The van der Waals surface area contributed by atoms with E-state index in [1.165, 1.54) is 38.5 Å². The molecular formula is C20H18Cl2N2OS. The van der Waals surface area contributed by atoms with E-state index in [0.717, 1.165) is 38.6 Å². The molecule has 26 heavy (non-hydrogen) atoms. The molecule has 4 fully saturated rings. The third-order valence-electron chi connectivity index (χ3n) is 6.70. The van der Waals surface area contributed by atoms with Crippen LogP contribution in [0.5, 0.6) is 0 Å². The van der Waals surface area contributed by atoms with Crippen LogP contribution in [0.15, 0.2) is 22.6 Å². The predicted molar refractivity (Wildman–Crippen MR) is 105 cm³/mol. The molecule has 4 saturated carbocycles. The minimum atomic E-state index is 0.118. The molecular weight excluding hydrogens is 387 g/mol. The molecule has 3 nitrogen and oxygen atoms in total. The van der Waals surface area contributed by atoms with Gasteiger partial charge in [-0.05, 0) is 68.4 Å². The molecule has 4 aliphatic rings. The first kappa shape index (κ1) is 15.9. The Hall–Kier alpha value is -1.10. The number of hydrogen-bond acceptors (Lipinski definition) is 4. The average Bonchev–Trinajstić information content (AvgIpc) is 3.19. The van der Waals surface area contributed by atoms with Crippen LogP contribution >= 0.6 is 34.5 Å². The van der Waals surface area contributed by atoms with Crippen LogP contribution < -0.4 is 0 Å². The van der Waals surface area contributed by atoms with E-state index < -0.39 is 0 Å². The number of fused-ring (bicyclic) bond motifs is 1. The van der Waals surface area contributed by atoms with Gasteiger partial charge in [-0.3, -0.25) is 0 Å². The Morgan fingerprint density at radius 2 is 1.69 bits per heavy atom. The first-order valence-corrected chi connectivity index (χ1v) is 10.9. The maximum absolute atomic E-state index is 6.61. The standard InChI is InChI=1S/C20H18Cl2N2OS/c21-13-1-2-14-15(6-13)26-17(16(14)22)18-23-24-19(25-18)20-7-10-3-11(8-20)5-12(4-10)9-20/h1-2,6,10-12H,3-5,7-9H2. The number of benzene rings is 1. The molecule has 0 aliphatic heterocycles. The Bertz CT molecular complexity index is 989. The van der Waals surface area contributed by atoms with Crippen molar-refractivity contribution < 1.29 is 4.42 Å². The Labute approximate surface area is 165 Å². The summed E-state index contributed by atoms with van der Waals surface area (Å²) >= 11 is 14.3. The van der Waals surface area contributed by atoms with Crippen molar-refractivity contribution in [1.29, 1.82) is 0 Å².